The summed E-state index contributed by atoms with van der Waals surface area (Å²) < 4.78 is 0. The molecule has 0 radical (unpaired) electrons. The summed E-state index contributed by atoms with van der Waals surface area (Å²) in [5.41, 5.74) is 2.34. The first kappa shape index (κ1) is 19.2. The van der Waals surface area contributed by atoms with Gasteiger partial charge in [-0.1, -0.05) is 42.0 Å². The van der Waals surface area contributed by atoms with E-state index in [1.807, 2.05) is 12.2 Å². The molecule has 2 amide bonds. The third-order valence-corrected chi connectivity index (χ3v) is 4.50. The second-order valence-corrected chi connectivity index (χ2v) is 6.92. The highest BCUT2D eigenvalue weighted by Crippen LogP contribution is 2.11. The third-order valence-electron chi connectivity index (χ3n) is 4.50. The van der Waals surface area contributed by atoms with Gasteiger partial charge in [-0.2, -0.15) is 0 Å². The number of rotatable bonds is 6. The van der Waals surface area contributed by atoms with Crippen molar-refractivity contribution in [2.24, 2.45) is 0 Å². The molecule has 2 rings (SSSR count). The molecule has 1 aliphatic heterocycles. The van der Waals surface area contributed by atoms with Gasteiger partial charge in [-0.05, 0) is 25.3 Å². The standard InChI is InChI=1S/C20H29N3O2/c1-16-7-9-17(10-8-16)5-4-6-19(24)21-18-11-13-23(14-12-18)15-20(25)22(2)3/h4-5,7-10,18H,6,11-15H2,1-3H3,(H,21,24). The highest BCUT2D eigenvalue weighted by atomic mass is 16.2. The van der Waals surface area contributed by atoms with Crippen LogP contribution < -0.4 is 5.32 Å². The fraction of sp³-hybridized carbons (Fsp3) is 0.500. The Morgan fingerprint density at radius 2 is 1.84 bits per heavy atom. The number of likely N-dealkylation sites (tertiary alicyclic amines) is 1. The van der Waals surface area contributed by atoms with Crippen LogP contribution in [0.3, 0.4) is 0 Å². The highest BCUT2D eigenvalue weighted by molar-refractivity contribution is 5.79. The van der Waals surface area contributed by atoms with Crippen LogP contribution in [0.25, 0.3) is 6.08 Å². The van der Waals surface area contributed by atoms with Crippen LogP contribution in [0.5, 0.6) is 0 Å². The Morgan fingerprint density at radius 1 is 1.20 bits per heavy atom. The van der Waals surface area contributed by atoms with E-state index in [9.17, 15) is 9.59 Å². The summed E-state index contributed by atoms with van der Waals surface area (Å²) in [5, 5.41) is 3.10. The Bertz CT molecular complexity index is 600. The van der Waals surface area contributed by atoms with Gasteiger partial charge in [0.05, 0.1) is 6.54 Å². The Morgan fingerprint density at radius 3 is 2.44 bits per heavy atom. The molecule has 0 unspecified atom stereocenters. The Labute approximate surface area is 150 Å². The molecule has 0 saturated carbocycles. The molecule has 1 aromatic rings. The summed E-state index contributed by atoms with van der Waals surface area (Å²) in [6.45, 7) is 4.23. The highest BCUT2D eigenvalue weighted by Gasteiger charge is 2.22. The lowest BCUT2D eigenvalue weighted by Gasteiger charge is -2.32. The minimum absolute atomic E-state index is 0.0613. The molecular weight excluding hydrogens is 314 g/mol. The molecule has 136 valence electrons. The average molecular weight is 343 g/mol. The van der Waals surface area contributed by atoms with Crippen molar-refractivity contribution in [3.63, 3.8) is 0 Å². The van der Waals surface area contributed by atoms with E-state index in [0.29, 0.717) is 13.0 Å². The van der Waals surface area contributed by atoms with Crippen molar-refractivity contribution in [1.29, 1.82) is 0 Å². The number of benzene rings is 1. The van der Waals surface area contributed by atoms with Gasteiger partial charge >= 0.3 is 0 Å². The number of piperidine rings is 1. The van der Waals surface area contributed by atoms with E-state index >= 15 is 0 Å². The van der Waals surface area contributed by atoms with Crippen LogP contribution in [0.4, 0.5) is 0 Å². The van der Waals surface area contributed by atoms with E-state index in [4.69, 9.17) is 0 Å². The number of hydrogen-bond donors (Lipinski definition) is 1. The first-order valence-corrected chi connectivity index (χ1v) is 8.89. The van der Waals surface area contributed by atoms with Gasteiger partial charge in [0, 0.05) is 39.6 Å². The maximum absolute atomic E-state index is 12.1. The normalized spacial score (nSPS) is 16.1. The second-order valence-electron chi connectivity index (χ2n) is 6.92. The molecule has 0 aromatic heterocycles. The molecule has 0 aliphatic carbocycles. The molecule has 1 fully saturated rings. The lowest BCUT2D eigenvalue weighted by Crippen LogP contribution is -2.47. The number of aryl methyl sites for hydroxylation is 1. The van der Waals surface area contributed by atoms with E-state index in [-0.39, 0.29) is 17.9 Å². The first-order chi connectivity index (χ1) is 11.9. The van der Waals surface area contributed by atoms with Crippen molar-refractivity contribution < 1.29 is 9.59 Å². The van der Waals surface area contributed by atoms with E-state index in [0.717, 1.165) is 31.5 Å². The van der Waals surface area contributed by atoms with Gasteiger partial charge in [0.15, 0.2) is 0 Å². The predicted octanol–water partition coefficient (Wildman–Crippen LogP) is 2.07. The van der Waals surface area contributed by atoms with E-state index in [1.54, 1.807) is 19.0 Å². The second kappa shape index (κ2) is 9.37. The fourth-order valence-corrected chi connectivity index (χ4v) is 2.83. The van der Waals surface area contributed by atoms with Crippen LogP contribution in [0, 0.1) is 6.92 Å². The number of nitrogens with zero attached hydrogens (tertiary/aromatic N) is 2. The summed E-state index contributed by atoms with van der Waals surface area (Å²) >= 11 is 0. The zero-order chi connectivity index (χ0) is 18.2. The molecule has 1 saturated heterocycles. The molecule has 25 heavy (non-hydrogen) atoms. The summed E-state index contributed by atoms with van der Waals surface area (Å²) in [6.07, 6.45) is 6.08. The Balaban J connectivity index is 1.68. The number of nitrogens with one attached hydrogen (secondary N) is 1. The SMILES string of the molecule is Cc1ccc(C=CCC(=O)NC2CCN(CC(=O)N(C)C)CC2)cc1. The molecule has 0 bridgehead atoms. The minimum Gasteiger partial charge on any atom is -0.353 e. The summed E-state index contributed by atoms with van der Waals surface area (Å²) in [5.74, 6) is 0.190. The fourth-order valence-electron chi connectivity index (χ4n) is 2.83. The van der Waals surface area contributed by atoms with Gasteiger partial charge in [-0.3, -0.25) is 14.5 Å². The lowest BCUT2D eigenvalue weighted by atomic mass is 10.0. The molecule has 1 aromatic carbocycles. The summed E-state index contributed by atoms with van der Waals surface area (Å²) in [6, 6.07) is 8.44. The van der Waals surface area contributed by atoms with Crippen molar-refractivity contribution in [1.82, 2.24) is 15.1 Å². The van der Waals surface area contributed by atoms with E-state index in [1.165, 1.54) is 5.56 Å². The van der Waals surface area contributed by atoms with Gasteiger partial charge in [0.2, 0.25) is 11.8 Å². The maximum Gasteiger partial charge on any atom is 0.236 e. The number of hydrogen-bond acceptors (Lipinski definition) is 3. The van der Waals surface area contributed by atoms with E-state index in [2.05, 4.69) is 41.4 Å². The third kappa shape index (κ3) is 6.70. The van der Waals surface area contributed by atoms with E-state index < -0.39 is 0 Å². The van der Waals surface area contributed by atoms with Gasteiger partial charge < -0.3 is 10.2 Å². The van der Waals surface area contributed by atoms with Gasteiger partial charge in [-0.25, -0.2) is 0 Å². The molecule has 1 heterocycles. The molecule has 0 spiro atoms. The van der Waals surface area contributed by atoms with Crippen molar-refractivity contribution in [2.45, 2.75) is 32.2 Å². The smallest absolute Gasteiger partial charge is 0.236 e. The molecule has 5 heteroatoms. The molecule has 1 aliphatic rings. The largest absolute Gasteiger partial charge is 0.353 e. The average Bonchev–Trinajstić information content (AvgIpc) is 2.58. The number of amides is 2. The predicted molar refractivity (Wildman–Crippen MR) is 101 cm³/mol. The molecular formula is C20H29N3O2. The van der Waals surface area contributed by atoms with Crippen molar-refractivity contribution in [2.75, 3.05) is 33.7 Å². The minimum atomic E-state index is 0.0613. The van der Waals surface area contributed by atoms with Gasteiger partial charge in [0.25, 0.3) is 0 Å². The maximum atomic E-state index is 12.1. The summed E-state index contributed by atoms with van der Waals surface area (Å²) in [7, 11) is 3.55. The topological polar surface area (TPSA) is 52.7 Å². The summed E-state index contributed by atoms with van der Waals surface area (Å²) in [4.78, 5) is 27.6. The monoisotopic (exact) mass is 343 g/mol. The molecule has 5 nitrogen and oxygen atoms in total. The number of likely N-dealkylation sites (N-methyl/N-ethyl adjacent to an activating group) is 1. The van der Waals surface area contributed by atoms with Crippen molar-refractivity contribution >= 4 is 17.9 Å². The Hall–Kier alpha value is -2.14. The zero-order valence-electron chi connectivity index (χ0n) is 15.5. The number of carbonyl (C=O) groups excluding carboxylic acids is 2. The van der Waals surface area contributed by atoms with Crippen molar-refractivity contribution in [3.05, 3.63) is 41.5 Å². The number of carbonyl (C=O) groups is 2. The van der Waals surface area contributed by atoms with Crippen LogP contribution in [0.1, 0.15) is 30.4 Å². The van der Waals surface area contributed by atoms with Gasteiger partial charge in [0.1, 0.15) is 0 Å². The first-order valence-electron chi connectivity index (χ1n) is 8.89. The van der Waals surface area contributed by atoms with Crippen molar-refractivity contribution in [3.8, 4) is 0 Å². The van der Waals surface area contributed by atoms with Crippen LogP contribution in [-0.4, -0.2) is 61.4 Å². The van der Waals surface area contributed by atoms with Crippen LogP contribution in [0.15, 0.2) is 30.3 Å². The molecule has 1 N–H and O–H groups in total. The van der Waals surface area contributed by atoms with Crippen LogP contribution in [-0.2, 0) is 9.59 Å². The Kier molecular flexibility index (Phi) is 7.19. The van der Waals surface area contributed by atoms with Gasteiger partial charge in [-0.15, -0.1) is 0 Å². The zero-order valence-corrected chi connectivity index (χ0v) is 15.5. The lowest BCUT2D eigenvalue weighted by molar-refractivity contribution is -0.130. The molecule has 0 atom stereocenters. The van der Waals surface area contributed by atoms with Crippen LogP contribution >= 0.6 is 0 Å². The van der Waals surface area contributed by atoms with Crippen LogP contribution in [0.2, 0.25) is 0 Å². The quantitative estimate of drug-likeness (QED) is 0.860.